The van der Waals surface area contributed by atoms with Crippen LogP contribution in [0, 0.1) is 0 Å². The number of carbonyl (C=O) groups excluding carboxylic acids is 1. The van der Waals surface area contributed by atoms with E-state index >= 15 is 0 Å². The molecule has 1 aromatic heterocycles. The molecule has 21 heavy (non-hydrogen) atoms. The molecule has 1 heterocycles. The van der Waals surface area contributed by atoms with Crippen molar-refractivity contribution in [2.24, 2.45) is 12.1 Å². The molecule has 0 aliphatic carbocycles. The van der Waals surface area contributed by atoms with Crippen LogP contribution in [-0.2, 0) is 7.05 Å². The number of hydrogen-bond acceptors (Lipinski definition) is 5. The Morgan fingerprint density at radius 2 is 2.00 bits per heavy atom. The SMILES string of the molecule is Cn1c(O)c(/C=N/NC(=O)c2ccccc2)c(=O)[nH]c1=O. The molecule has 0 aliphatic rings. The maximum atomic E-state index is 11.7. The summed E-state index contributed by atoms with van der Waals surface area (Å²) >= 11 is 0. The van der Waals surface area contributed by atoms with Crippen LogP contribution >= 0.6 is 0 Å². The average Bonchev–Trinajstić information content (AvgIpc) is 2.49. The zero-order valence-corrected chi connectivity index (χ0v) is 11.0. The molecule has 0 atom stereocenters. The van der Waals surface area contributed by atoms with Gasteiger partial charge >= 0.3 is 5.69 Å². The van der Waals surface area contributed by atoms with Crippen LogP contribution in [0.25, 0.3) is 0 Å². The van der Waals surface area contributed by atoms with Crippen molar-refractivity contribution in [1.29, 1.82) is 0 Å². The molecule has 0 spiro atoms. The van der Waals surface area contributed by atoms with Crippen LogP contribution in [0.5, 0.6) is 5.88 Å². The molecule has 0 radical (unpaired) electrons. The van der Waals surface area contributed by atoms with Crippen molar-refractivity contribution in [1.82, 2.24) is 15.0 Å². The Balaban J connectivity index is 2.20. The number of nitrogens with zero attached hydrogens (tertiary/aromatic N) is 2. The Morgan fingerprint density at radius 3 is 2.67 bits per heavy atom. The van der Waals surface area contributed by atoms with E-state index in [1.807, 2.05) is 4.98 Å². The molecule has 8 heteroatoms. The van der Waals surface area contributed by atoms with Gasteiger partial charge in [-0.1, -0.05) is 18.2 Å². The quantitative estimate of drug-likeness (QED) is 0.523. The Kier molecular flexibility index (Phi) is 3.98. The van der Waals surface area contributed by atoms with Crippen molar-refractivity contribution in [3.05, 3.63) is 62.3 Å². The van der Waals surface area contributed by atoms with E-state index in [-0.39, 0.29) is 5.56 Å². The van der Waals surface area contributed by atoms with E-state index in [2.05, 4.69) is 10.5 Å². The number of hydrogen-bond donors (Lipinski definition) is 3. The molecule has 1 aromatic carbocycles. The van der Waals surface area contributed by atoms with E-state index in [1.54, 1.807) is 30.3 Å². The predicted octanol–water partition coefficient (Wildman–Crippen LogP) is -0.457. The van der Waals surface area contributed by atoms with Crippen LogP contribution in [0.4, 0.5) is 0 Å². The number of nitrogens with one attached hydrogen (secondary N) is 2. The number of benzene rings is 1. The highest BCUT2D eigenvalue weighted by molar-refractivity contribution is 5.94. The second kappa shape index (κ2) is 5.87. The van der Waals surface area contributed by atoms with E-state index < -0.39 is 23.0 Å². The highest BCUT2D eigenvalue weighted by atomic mass is 16.3. The fraction of sp³-hybridized carbons (Fsp3) is 0.0769. The van der Waals surface area contributed by atoms with E-state index in [1.165, 1.54) is 7.05 Å². The minimum Gasteiger partial charge on any atom is -0.494 e. The van der Waals surface area contributed by atoms with Gasteiger partial charge in [-0.25, -0.2) is 10.2 Å². The first-order chi connectivity index (χ1) is 10.0. The summed E-state index contributed by atoms with van der Waals surface area (Å²) in [5.41, 5.74) is 0.836. The van der Waals surface area contributed by atoms with E-state index in [0.29, 0.717) is 5.56 Å². The first-order valence-corrected chi connectivity index (χ1v) is 5.91. The molecule has 0 bridgehead atoms. The van der Waals surface area contributed by atoms with Crippen LogP contribution in [0.3, 0.4) is 0 Å². The summed E-state index contributed by atoms with van der Waals surface area (Å²) in [6, 6.07) is 8.36. The largest absolute Gasteiger partial charge is 0.494 e. The maximum absolute atomic E-state index is 11.7. The number of rotatable bonds is 3. The lowest BCUT2D eigenvalue weighted by Gasteiger charge is -2.03. The number of aromatic hydroxyl groups is 1. The monoisotopic (exact) mass is 288 g/mol. The first kappa shape index (κ1) is 14.3. The Bertz CT molecular complexity index is 805. The normalized spacial score (nSPS) is 10.7. The van der Waals surface area contributed by atoms with E-state index in [0.717, 1.165) is 10.8 Å². The molecule has 8 nitrogen and oxygen atoms in total. The molecule has 108 valence electrons. The molecule has 0 saturated carbocycles. The topological polar surface area (TPSA) is 117 Å². The summed E-state index contributed by atoms with van der Waals surface area (Å²) in [5.74, 6) is -1.01. The number of hydrazone groups is 1. The number of aromatic amines is 1. The molecule has 0 saturated heterocycles. The van der Waals surface area contributed by atoms with Crippen LogP contribution < -0.4 is 16.7 Å². The summed E-state index contributed by atoms with van der Waals surface area (Å²) in [7, 11) is 1.29. The summed E-state index contributed by atoms with van der Waals surface area (Å²) in [6.45, 7) is 0. The van der Waals surface area contributed by atoms with Crippen molar-refractivity contribution >= 4 is 12.1 Å². The fourth-order valence-corrected chi connectivity index (χ4v) is 1.55. The van der Waals surface area contributed by atoms with Crippen LogP contribution in [0.15, 0.2) is 45.0 Å². The third-order valence-corrected chi connectivity index (χ3v) is 2.72. The molecule has 0 fully saturated rings. The Hall–Kier alpha value is -3.16. The second-order valence-electron chi connectivity index (χ2n) is 4.12. The molecular weight excluding hydrogens is 276 g/mol. The standard InChI is InChI=1S/C13H12N4O4/c1-17-12(20)9(11(19)15-13(17)21)7-14-16-10(18)8-5-3-2-4-6-8/h2-7,20H,1H3,(H,16,18)(H,15,19,21)/b14-7+. The number of H-pyrrole nitrogens is 1. The molecule has 2 aromatic rings. The fourth-order valence-electron chi connectivity index (χ4n) is 1.55. The molecule has 3 N–H and O–H groups in total. The Morgan fingerprint density at radius 1 is 1.33 bits per heavy atom. The smallest absolute Gasteiger partial charge is 0.330 e. The van der Waals surface area contributed by atoms with Crippen LogP contribution in [0.2, 0.25) is 0 Å². The third-order valence-electron chi connectivity index (χ3n) is 2.72. The lowest BCUT2D eigenvalue weighted by Crippen LogP contribution is -2.30. The van der Waals surface area contributed by atoms with Gasteiger partial charge in [0.2, 0.25) is 5.88 Å². The summed E-state index contributed by atoms with van der Waals surface area (Å²) < 4.78 is 0.849. The minimum absolute atomic E-state index is 0.231. The van der Waals surface area contributed by atoms with Crippen molar-refractivity contribution in [3.8, 4) is 5.88 Å². The molecule has 0 unspecified atom stereocenters. The second-order valence-corrected chi connectivity index (χ2v) is 4.12. The van der Waals surface area contributed by atoms with Gasteiger partial charge in [0, 0.05) is 12.6 Å². The zero-order valence-electron chi connectivity index (χ0n) is 11.0. The average molecular weight is 288 g/mol. The molecule has 2 rings (SSSR count). The highest BCUT2D eigenvalue weighted by Gasteiger charge is 2.09. The van der Waals surface area contributed by atoms with Gasteiger partial charge in [0.05, 0.1) is 6.21 Å². The minimum atomic E-state index is -0.798. The lowest BCUT2D eigenvalue weighted by atomic mass is 10.2. The van der Waals surface area contributed by atoms with Gasteiger partial charge in [-0.3, -0.25) is 19.1 Å². The summed E-state index contributed by atoms with van der Waals surface area (Å²) in [5, 5.41) is 13.3. The first-order valence-electron chi connectivity index (χ1n) is 5.91. The summed E-state index contributed by atoms with van der Waals surface area (Å²) in [6.07, 6.45) is 0.967. The van der Waals surface area contributed by atoms with Crippen molar-refractivity contribution < 1.29 is 9.90 Å². The van der Waals surface area contributed by atoms with Gasteiger partial charge in [-0.15, -0.1) is 0 Å². The van der Waals surface area contributed by atoms with Crippen molar-refractivity contribution in [3.63, 3.8) is 0 Å². The van der Waals surface area contributed by atoms with Gasteiger partial charge in [0.1, 0.15) is 5.56 Å². The van der Waals surface area contributed by atoms with Crippen molar-refractivity contribution in [2.75, 3.05) is 0 Å². The maximum Gasteiger partial charge on any atom is 0.330 e. The number of amides is 1. The molecule has 0 aliphatic heterocycles. The third kappa shape index (κ3) is 3.06. The highest BCUT2D eigenvalue weighted by Crippen LogP contribution is 2.04. The van der Waals surface area contributed by atoms with Gasteiger partial charge in [-0.05, 0) is 12.1 Å². The molecule has 1 amide bonds. The van der Waals surface area contributed by atoms with Crippen LogP contribution in [0.1, 0.15) is 15.9 Å². The zero-order chi connectivity index (χ0) is 15.4. The van der Waals surface area contributed by atoms with Crippen molar-refractivity contribution in [2.45, 2.75) is 0 Å². The van der Waals surface area contributed by atoms with E-state index in [4.69, 9.17) is 0 Å². The van der Waals surface area contributed by atoms with Gasteiger partial charge in [0.25, 0.3) is 11.5 Å². The summed E-state index contributed by atoms with van der Waals surface area (Å²) in [4.78, 5) is 36.4. The number of carbonyl (C=O) groups is 1. The lowest BCUT2D eigenvalue weighted by molar-refractivity contribution is 0.0955. The van der Waals surface area contributed by atoms with Gasteiger partial charge in [-0.2, -0.15) is 5.10 Å². The van der Waals surface area contributed by atoms with Gasteiger partial charge in [0.15, 0.2) is 0 Å². The van der Waals surface area contributed by atoms with E-state index in [9.17, 15) is 19.5 Å². The predicted molar refractivity (Wildman–Crippen MR) is 75.5 cm³/mol. The van der Waals surface area contributed by atoms with Crippen LogP contribution in [-0.4, -0.2) is 26.8 Å². The number of aromatic nitrogens is 2. The van der Waals surface area contributed by atoms with Gasteiger partial charge < -0.3 is 5.11 Å². The Labute approximate surface area is 118 Å². The molecular formula is C13H12N4O4.